The number of aromatic nitrogens is 3. The highest BCUT2D eigenvalue weighted by atomic mass is 16.2. The molecule has 0 unspecified atom stereocenters. The summed E-state index contributed by atoms with van der Waals surface area (Å²) in [6.45, 7) is 11.3. The van der Waals surface area contributed by atoms with Crippen LogP contribution in [0.4, 0.5) is 0 Å². The molecule has 0 radical (unpaired) electrons. The number of aryl methyl sites for hydroxylation is 1. The second-order valence-corrected chi connectivity index (χ2v) is 10.4. The van der Waals surface area contributed by atoms with E-state index in [0.717, 1.165) is 5.56 Å². The summed E-state index contributed by atoms with van der Waals surface area (Å²) < 4.78 is 1.81. The second kappa shape index (κ2) is 12.6. The number of rotatable bonds is 5. The van der Waals surface area contributed by atoms with E-state index in [1.54, 1.807) is 0 Å². The zero-order valence-electron chi connectivity index (χ0n) is 22.2. The SMILES string of the molecule is Cc1nc2n(n1)CCN(C(=O)CC(C)C)CCCC(=O)N[C@@H](Cc1ccccc1)C(=O)N[C@@H]2C(C)C. The minimum atomic E-state index is -0.722. The second-order valence-electron chi connectivity index (χ2n) is 10.4. The molecule has 0 saturated carbocycles. The molecule has 0 fully saturated rings. The van der Waals surface area contributed by atoms with Gasteiger partial charge < -0.3 is 15.5 Å². The van der Waals surface area contributed by atoms with Crippen molar-refractivity contribution in [1.29, 1.82) is 0 Å². The number of nitrogens with zero attached hydrogens (tertiary/aromatic N) is 4. The summed E-state index contributed by atoms with van der Waals surface area (Å²) >= 11 is 0. The van der Waals surface area contributed by atoms with Crippen LogP contribution < -0.4 is 10.6 Å². The van der Waals surface area contributed by atoms with E-state index in [1.165, 1.54) is 0 Å². The average Bonchev–Trinajstić information content (AvgIpc) is 3.18. The summed E-state index contributed by atoms with van der Waals surface area (Å²) in [6.07, 6.45) is 1.60. The van der Waals surface area contributed by atoms with Crippen molar-refractivity contribution in [2.75, 3.05) is 13.1 Å². The van der Waals surface area contributed by atoms with E-state index in [0.29, 0.717) is 50.5 Å². The van der Waals surface area contributed by atoms with Crippen molar-refractivity contribution in [2.24, 2.45) is 11.8 Å². The molecule has 9 nitrogen and oxygen atoms in total. The molecular formula is C27H40N6O3. The molecule has 0 spiro atoms. The molecule has 1 aromatic carbocycles. The Morgan fingerprint density at radius 3 is 2.44 bits per heavy atom. The number of benzene rings is 1. The van der Waals surface area contributed by atoms with Gasteiger partial charge in [-0.25, -0.2) is 9.67 Å². The van der Waals surface area contributed by atoms with E-state index in [4.69, 9.17) is 0 Å². The van der Waals surface area contributed by atoms with Gasteiger partial charge in [-0.15, -0.1) is 0 Å². The lowest BCUT2D eigenvalue weighted by atomic mass is 10.0. The zero-order valence-corrected chi connectivity index (χ0v) is 22.2. The van der Waals surface area contributed by atoms with E-state index < -0.39 is 12.1 Å². The van der Waals surface area contributed by atoms with Crippen LogP contribution in [0.3, 0.4) is 0 Å². The van der Waals surface area contributed by atoms with Crippen molar-refractivity contribution in [3.63, 3.8) is 0 Å². The summed E-state index contributed by atoms with van der Waals surface area (Å²) in [7, 11) is 0. The fourth-order valence-corrected chi connectivity index (χ4v) is 4.46. The third kappa shape index (κ3) is 7.63. The minimum Gasteiger partial charge on any atom is -0.344 e. The first-order valence-corrected chi connectivity index (χ1v) is 13.0. The lowest BCUT2D eigenvalue weighted by Crippen LogP contribution is -2.50. The van der Waals surface area contributed by atoms with Crippen LogP contribution in [-0.2, 0) is 27.3 Å². The fourth-order valence-electron chi connectivity index (χ4n) is 4.46. The van der Waals surface area contributed by atoms with Gasteiger partial charge in [0.25, 0.3) is 0 Å². The Hall–Kier alpha value is -3.23. The van der Waals surface area contributed by atoms with Crippen molar-refractivity contribution >= 4 is 17.7 Å². The van der Waals surface area contributed by atoms with E-state index in [9.17, 15) is 14.4 Å². The average molecular weight is 497 g/mol. The predicted octanol–water partition coefficient (Wildman–Crippen LogP) is 2.80. The maximum atomic E-state index is 13.5. The van der Waals surface area contributed by atoms with Gasteiger partial charge in [-0.3, -0.25) is 14.4 Å². The molecule has 1 aliphatic heterocycles. The van der Waals surface area contributed by atoms with Gasteiger partial charge in [-0.2, -0.15) is 5.10 Å². The van der Waals surface area contributed by atoms with Crippen LogP contribution in [0.1, 0.15) is 70.2 Å². The molecule has 3 rings (SSSR count). The lowest BCUT2D eigenvalue weighted by molar-refractivity contribution is -0.133. The van der Waals surface area contributed by atoms with Crippen molar-refractivity contribution in [2.45, 2.75) is 78.9 Å². The third-order valence-corrected chi connectivity index (χ3v) is 6.33. The van der Waals surface area contributed by atoms with Gasteiger partial charge in [0.15, 0.2) is 0 Å². The smallest absolute Gasteiger partial charge is 0.243 e. The molecule has 3 amide bonds. The fraction of sp³-hybridized carbons (Fsp3) is 0.593. The van der Waals surface area contributed by atoms with Gasteiger partial charge in [0.1, 0.15) is 17.7 Å². The van der Waals surface area contributed by atoms with Crippen LogP contribution in [0.25, 0.3) is 0 Å². The van der Waals surface area contributed by atoms with Gasteiger partial charge in [-0.1, -0.05) is 58.0 Å². The van der Waals surface area contributed by atoms with Crippen molar-refractivity contribution in [3.8, 4) is 0 Å². The highest BCUT2D eigenvalue weighted by Gasteiger charge is 2.30. The van der Waals surface area contributed by atoms with Gasteiger partial charge in [0.05, 0.1) is 12.6 Å². The van der Waals surface area contributed by atoms with Crippen molar-refractivity contribution in [1.82, 2.24) is 30.3 Å². The van der Waals surface area contributed by atoms with Gasteiger partial charge in [0.2, 0.25) is 17.7 Å². The largest absolute Gasteiger partial charge is 0.344 e. The monoisotopic (exact) mass is 496 g/mol. The minimum absolute atomic E-state index is 0.0379. The number of amides is 3. The normalized spacial score (nSPS) is 20.0. The molecule has 1 aromatic heterocycles. The van der Waals surface area contributed by atoms with Crippen LogP contribution >= 0.6 is 0 Å². The summed E-state index contributed by atoms with van der Waals surface area (Å²) in [6, 6.07) is 8.54. The van der Waals surface area contributed by atoms with Gasteiger partial charge >= 0.3 is 0 Å². The maximum absolute atomic E-state index is 13.5. The Balaban J connectivity index is 1.93. The van der Waals surface area contributed by atoms with Crippen LogP contribution in [0.2, 0.25) is 0 Å². The zero-order chi connectivity index (χ0) is 26.2. The summed E-state index contributed by atoms with van der Waals surface area (Å²) in [5.74, 6) is 1.20. The Kier molecular flexibility index (Phi) is 9.61. The van der Waals surface area contributed by atoms with E-state index >= 15 is 0 Å². The molecule has 2 atom stereocenters. The standard InChI is InChI=1S/C27H40N6O3/c1-18(2)16-24(35)32-13-9-12-23(34)29-22(17-21-10-7-6-8-11-21)27(36)30-25(19(3)4)26-28-20(5)31-33(26)15-14-32/h6-8,10-11,18-19,22,25H,9,12-17H2,1-5H3,(H,29,34)(H,30,36)/t22-,25+/m0/s1. The Bertz CT molecular complexity index is 1030. The molecule has 0 saturated heterocycles. The Morgan fingerprint density at radius 1 is 1.06 bits per heavy atom. The number of fused-ring (bicyclic) bond motifs is 1. The highest BCUT2D eigenvalue weighted by molar-refractivity contribution is 5.88. The van der Waals surface area contributed by atoms with Crippen LogP contribution in [-0.4, -0.2) is 56.5 Å². The molecule has 9 heteroatoms. The molecule has 196 valence electrons. The molecular weight excluding hydrogens is 456 g/mol. The Morgan fingerprint density at radius 2 is 1.78 bits per heavy atom. The molecule has 2 N–H and O–H groups in total. The first-order chi connectivity index (χ1) is 17.1. The first kappa shape index (κ1) is 27.4. The quantitative estimate of drug-likeness (QED) is 0.662. The number of carbonyl (C=O) groups excluding carboxylic acids is 3. The van der Waals surface area contributed by atoms with E-state index in [-0.39, 0.29) is 36.0 Å². The van der Waals surface area contributed by atoms with Crippen LogP contribution in [0.5, 0.6) is 0 Å². The van der Waals surface area contributed by atoms with E-state index in [2.05, 4.69) is 20.7 Å². The summed E-state index contributed by atoms with van der Waals surface area (Å²) in [5.41, 5.74) is 0.963. The third-order valence-electron chi connectivity index (χ3n) is 6.33. The topological polar surface area (TPSA) is 109 Å². The number of nitrogens with one attached hydrogen (secondary N) is 2. The number of hydrogen-bond donors (Lipinski definition) is 2. The number of carbonyl (C=O) groups is 3. The number of hydrogen-bond acceptors (Lipinski definition) is 5. The lowest BCUT2D eigenvalue weighted by Gasteiger charge is -2.28. The summed E-state index contributed by atoms with van der Waals surface area (Å²) in [5, 5.41) is 10.6. The summed E-state index contributed by atoms with van der Waals surface area (Å²) in [4.78, 5) is 45.7. The first-order valence-electron chi connectivity index (χ1n) is 13.0. The van der Waals surface area contributed by atoms with E-state index in [1.807, 2.05) is 74.5 Å². The van der Waals surface area contributed by atoms with Crippen LogP contribution in [0, 0.1) is 18.8 Å². The predicted molar refractivity (Wildman–Crippen MR) is 138 cm³/mol. The molecule has 1 aliphatic rings. The maximum Gasteiger partial charge on any atom is 0.243 e. The van der Waals surface area contributed by atoms with Gasteiger partial charge in [0, 0.05) is 32.4 Å². The Labute approximate surface area is 214 Å². The van der Waals surface area contributed by atoms with Crippen molar-refractivity contribution in [3.05, 3.63) is 47.5 Å². The molecule has 2 aromatic rings. The molecule has 2 heterocycles. The van der Waals surface area contributed by atoms with Crippen molar-refractivity contribution < 1.29 is 14.4 Å². The molecule has 0 bridgehead atoms. The molecule has 36 heavy (non-hydrogen) atoms. The van der Waals surface area contributed by atoms with Crippen LogP contribution in [0.15, 0.2) is 30.3 Å². The van der Waals surface area contributed by atoms with Gasteiger partial charge in [-0.05, 0) is 30.7 Å². The molecule has 0 aliphatic carbocycles. The highest BCUT2D eigenvalue weighted by Crippen LogP contribution is 2.21.